The fourth-order valence-electron chi connectivity index (χ4n) is 4.31. The predicted octanol–water partition coefficient (Wildman–Crippen LogP) is 6.22. The Morgan fingerprint density at radius 3 is 2.58 bits per heavy atom. The first kappa shape index (κ1) is 21.4. The summed E-state index contributed by atoms with van der Waals surface area (Å²) >= 11 is 1.39. The molecule has 2 aliphatic heterocycles. The van der Waals surface area contributed by atoms with E-state index in [0.717, 1.165) is 17.8 Å². The van der Waals surface area contributed by atoms with Gasteiger partial charge >= 0.3 is 0 Å². The van der Waals surface area contributed by atoms with Gasteiger partial charge in [0.15, 0.2) is 5.17 Å². The number of aryl methyl sites for hydroxylation is 2. The number of benzene rings is 2. The van der Waals surface area contributed by atoms with Gasteiger partial charge in [0.25, 0.3) is 5.91 Å². The fraction of sp³-hybridized carbons (Fsp3) is 0.308. The number of carbonyl (C=O) groups excluding carboxylic acids is 1. The van der Waals surface area contributed by atoms with Crippen molar-refractivity contribution in [3.05, 3.63) is 69.6 Å². The zero-order valence-corrected chi connectivity index (χ0v) is 19.9. The van der Waals surface area contributed by atoms with Crippen molar-refractivity contribution in [3.63, 3.8) is 0 Å². The highest BCUT2D eigenvalue weighted by atomic mass is 32.2. The van der Waals surface area contributed by atoms with E-state index < -0.39 is 0 Å². The molecule has 1 amide bonds. The summed E-state index contributed by atoms with van der Waals surface area (Å²) in [4.78, 5) is 20.2. The van der Waals surface area contributed by atoms with E-state index in [0.29, 0.717) is 10.1 Å². The largest absolute Gasteiger partial charge is 0.363 e. The first-order valence-electron chi connectivity index (χ1n) is 10.7. The summed E-state index contributed by atoms with van der Waals surface area (Å²) in [6.07, 6.45) is 4.27. The van der Waals surface area contributed by atoms with Gasteiger partial charge in [-0.25, -0.2) is 4.99 Å². The second-order valence-corrected chi connectivity index (χ2v) is 9.78. The number of rotatable bonds is 3. The van der Waals surface area contributed by atoms with Crippen molar-refractivity contribution in [1.29, 1.82) is 0 Å². The molecule has 2 aromatic carbocycles. The summed E-state index contributed by atoms with van der Waals surface area (Å²) in [6, 6.07) is 12.5. The van der Waals surface area contributed by atoms with Crippen LogP contribution in [0.1, 0.15) is 49.9 Å². The molecule has 0 aromatic heterocycles. The van der Waals surface area contributed by atoms with Crippen LogP contribution in [0.15, 0.2) is 52.4 Å². The van der Waals surface area contributed by atoms with Crippen molar-refractivity contribution >= 4 is 45.9 Å². The van der Waals surface area contributed by atoms with E-state index in [9.17, 15) is 4.79 Å². The van der Waals surface area contributed by atoms with Crippen molar-refractivity contribution in [2.24, 2.45) is 4.99 Å². The molecule has 0 radical (unpaired) electrons. The topological polar surface area (TPSA) is 44.7 Å². The molecule has 0 saturated carbocycles. The standard InChI is InChI=1S/C26H29N3OS/c1-7-29-22-11-9-19(13-21(22)18(4)15-26(29,5)6)14-23-24(30)28-25(31-23)27-20-10-8-16(2)17(3)12-20/h8-15H,7H2,1-6H3,(H,27,28,30)/b23-14+. The van der Waals surface area contributed by atoms with Gasteiger partial charge in [-0.15, -0.1) is 0 Å². The van der Waals surface area contributed by atoms with Crippen LogP contribution in [0.25, 0.3) is 11.6 Å². The second kappa shape index (κ2) is 8.04. The predicted molar refractivity (Wildman–Crippen MR) is 134 cm³/mol. The number of fused-ring (bicyclic) bond motifs is 1. The van der Waals surface area contributed by atoms with Gasteiger partial charge in [-0.05, 0) is 106 Å². The number of amides is 1. The number of hydrogen-bond donors (Lipinski definition) is 1. The Morgan fingerprint density at radius 1 is 1.10 bits per heavy atom. The van der Waals surface area contributed by atoms with E-state index >= 15 is 0 Å². The highest BCUT2D eigenvalue weighted by Gasteiger charge is 2.30. The normalized spacial score (nSPS) is 20.1. The van der Waals surface area contributed by atoms with E-state index in [1.807, 2.05) is 18.2 Å². The van der Waals surface area contributed by atoms with Crippen LogP contribution in [0.5, 0.6) is 0 Å². The van der Waals surface area contributed by atoms with Crippen molar-refractivity contribution in [2.45, 2.75) is 47.1 Å². The molecule has 0 spiro atoms. The van der Waals surface area contributed by atoms with Gasteiger partial charge < -0.3 is 10.2 Å². The lowest BCUT2D eigenvalue weighted by Gasteiger charge is -2.42. The summed E-state index contributed by atoms with van der Waals surface area (Å²) in [5, 5.41) is 3.51. The highest BCUT2D eigenvalue weighted by molar-refractivity contribution is 8.18. The SMILES string of the molecule is CCN1c2ccc(/C=C3/SC(=Nc4ccc(C)c(C)c4)NC3=O)cc2C(C)=CC1(C)C. The van der Waals surface area contributed by atoms with Crippen molar-refractivity contribution in [3.8, 4) is 0 Å². The molecule has 1 N–H and O–H groups in total. The molecule has 31 heavy (non-hydrogen) atoms. The first-order valence-corrected chi connectivity index (χ1v) is 11.5. The minimum atomic E-state index is -0.103. The number of nitrogens with zero attached hydrogens (tertiary/aromatic N) is 2. The lowest BCUT2D eigenvalue weighted by molar-refractivity contribution is -0.115. The Bertz CT molecular complexity index is 1160. The quantitative estimate of drug-likeness (QED) is 0.587. The van der Waals surface area contributed by atoms with Gasteiger partial charge in [0.1, 0.15) is 0 Å². The summed E-state index contributed by atoms with van der Waals surface area (Å²) in [6.45, 7) is 13.9. The Balaban J connectivity index is 1.62. The van der Waals surface area contributed by atoms with E-state index in [1.165, 1.54) is 39.7 Å². The molecule has 5 heteroatoms. The van der Waals surface area contributed by atoms with Gasteiger partial charge in [0.2, 0.25) is 0 Å². The molecular weight excluding hydrogens is 402 g/mol. The Morgan fingerprint density at radius 2 is 1.87 bits per heavy atom. The van der Waals surface area contributed by atoms with Crippen molar-refractivity contribution in [2.75, 3.05) is 11.4 Å². The number of nitrogens with one attached hydrogen (secondary N) is 1. The number of thioether (sulfide) groups is 1. The highest BCUT2D eigenvalue weighted by Crippen LogP contribution is 2.39. The molecule has 0 atom stereocenters. The number of anilines is 1. The Kier molecular flexibility index (Phi) is 5.56. The zero-order chi connectivity index (χ0) is 22.3. The molecule has 0 bridgehead atoms. The maximum Gasteiger partial charge on any atom is 0.264 e. The van der Waals surface area contributed by atoms with E-state index in [1.54, 1.807) is 0 Å². The van der Waals surface area contributed by atoms with E-state index in [2.05, 4.69) is 87.1 Å². The first-order chi connectivity index (χ1) is 14.7. The third-order valence-electron chi connectivity index (χ3n) is 5.99. The Hall–Kier alpha value is -2.79. The molecule has 1 saturated heterocycles. The maximum atomic E-state index is 12.5. The minimum absolute atomic E-state index is 0.00724. The number of aliphatic imine (C=N–C) groups is 1. The number of allylic oxidation sites excluding steroid dienone is 1. The minimum Gasteiger partial charge on any atom is -0.363 e. The van der Waals surface area contributed by atoms with E-state index in [4.69, 9.17) is 0 Å². The summed E-state index contributed by atoms with van der Waals surface area (Å²) < 4.78 is 0. The lowest BCUT2D eigenvalue weighted by atomic mass is 9.88. The number of carbonyl (C=O) groups is 1. The van der Waals surface area contributed by atoms with Gasteiger partial charge in [-0.1, -0.05) is 18.2 Å². The number of hydrogen-bond acceptors (Lipinski definition) is 4. The van der Waals surface area contributed by atoms with Gasteiger partial charge in [-0.3, -0.25) is 4.79 Å². The van der Waals surface area contributed by atoms with Gasteiger partial charge in [-0.2, -0.15) is 0 Å². The number of amidine groups is 1. The van der Waals surface area contributed by atoms with Crippen LogP contribution in [0.2, 0.25) is 0 Å². The van der Waals surface area contributed by atoms with Crippen LogP contribution in [0.3, 0.4) is 0 Å². The molecule has 2 heterocycles. The van der Waals surface area contributed by atoms with Gasteiger partial charge in [0.05, 0.1) is 16.1 Å². The third kappa shape index (κ3) is 4.19. The molecule has 0 aliphatic carbocycles. The monoisotopic (exact) mass is 431 g/mol. The van der Waals surface area contributed by atoms with Gasteiger partial charge in [0, 0.05) is 17.8 Å². The summed E-state index contributed by atoms with van der Waals surface area (Å²) in [7, 11) is 0. The lowest BCUT2D eigenvalue weighted by Crippen LogP contribution is -2.44. The molecule has 1 fully saturated rings. The average Bonchev–Trinajstić information content (AvgIpc) is 3.03. The zero-order valence-electron chi connectivity index (χ0n) is 19.0. The summed E-state index contributed by atoms with van der Waals surface area (Å²) in [5.41, 5.74) is 8.02. The molecule has 160 valence electrons. The summed E-state index contributed by atoms with van der Waals surface area (Å²) in [5.74, 6) is -0.103. The van der Waals surface area contributed by atoms with Crippen LogP contribution < -0.4 is 10.2 Å². The van der Waals surface area contributed by atoms with Crippen molar-refractivity contribution in [1.82, 2.24) is 5.32 Å². The molecular formula is C26H29N3OS. The molecule has 0 unspecified atom stereocenters. The fourth-order valence-corrected chi connectivity index (χ4v) is 5.15. The molecule has 4 rings (SSSR count). The van der Waals surface area contributed by atoms with Crippen LogP contribution in [-0.4, -0.2) is 23.2 Å². The molecule has 2 aliphatic rings. The van der Waals surface area contributed by atoms with Crippen LogP contribution >= 0.6 is 11.8 Å². The van der Waals surface area contributed by atoms with Crippen LogP contribution in [0.4, 0.5) is 11.4 Å². The van der Waals surface area contributed by atoms with E-state index in [-0.39, 0.29) is 11.4 Å². The molecule has 2 aromatic rings. The van der Waals surface area contributed by atoms with Crippen LogP contribution in [-0.2, 0) is 4.79 Å². The smallest absolute Gasteiger partial charge is 0.264 e. The second-order valence-electron chi connectivity index (χ2n) is 8.75. The van der Waals surface area contributed by atoms with Crippen LogP contribution in [0, 0.1) is 13.8 Å². The van der Waals surface area contributed by atoms with Crippen molar-refractivity contribution < 1.29 is 4.79 Å². The average molecular weight is 432 g/mol. The third-order valence-corrected chi connectivity index (χ3v) is 6.90. The maximum absolute atomic E-state index is 12.5. The Labute approximate surface area is 189 Å². The number of likely N-dealkylation sites (N-methyl/N-ethyl adjacent to an activating group) is 1. The molecule has 4 nitrogen and oxygen atoms in total.